The molecule has 100 valence electrons. The Bertz CT molecular complexity index is 558. The zero-order valence-electron chi connectivity index (χ0n) is 10.6. The van der Waals surface area contributed by atoms with Crippen molar-refractivity contribution < 1.29 is 0 Å². The molecule has 19 heavy (non-hydrogen) atoms. The fraction of sp³-hybridized carbons (Fsp3) is 0.214. The van der Waals surface area contributed by atoms with Gasteiger partial charge in [0.1, 0.15) is 0 Å². The van der Waals surface area contributed by atoms with Crippen LogP contribution in [0.4, 0.5) is 11.4 Å². The van der Waals surface area contributed by atoms with Crippen LogP contribution in [0.5, 0.6) is 0 Å². The number of rotatable bonds is 4. The van der Waals surface area contributed by atoms with Gasteiger partial charge in [-0.05, 0) is 31.2 Å². The Balaban J connectivity index is 2.30. The summed E-state index contributed by atoms with van der Waals surface area (Å²) in [4.78, 5) is 6.43. The van der Waals surface area contributed by atoms with Crippen molar-refractivity contribution in [1.29, 1.82) is 0 Å². The Labute approximate surface area is 123 Å². The topological polar surface area (TPSA) is 42.2 Å². The zero-order chi connectivity index (χ0) is 13.8. The van der Waals surface area contributed by atoms with E-state index >= 15 is 0 Å². The highest BCUT2D eigenvalue weighted by Crippen LogP contribution is 2.33. The van der Waals surface area contributed by atoms with Crippen molar-refractivity contribution in [2.45, 2.75) is 13.5 Å². The van der Waals surface area contributed by atoms with Crippen molar-refractivity contribution in [2.75, 3.05) is 17.2 Å². The van der Waals surface area contributed by atoms with E-state index in [0.717, 1.165) is 17.9 Å². The van der Waals surface area contributed by atoms with Crippen molar-refractivity contribution in [1.82, 2.24) is 4.98 Å². The van der Waals surface area contributed by atoms with E-state index < -0.39 is 0 Å². The molecule has 3 nitrogen and oxygen atoms in total. The predicted octanol–water partition coefficient (Wildman–Crippen LogP) is 4.00. The molecule has 2 rings (SSSR count). The molecule has 0 atom stereocenters. The van der Waals surface area contributed by atoms with Crippen LogP contribution < -0.4 is 10.6 Å². The Morgan fingerprint density at radius 2 is 1.95 bits per heavy atom. The molecule has 1 aromatic carbocycles. The van der Waals surface area contributed by atoms with Gasteiger partial charge in [-0.3, -0.25) is 4.98 Å². The summed E-state index contributed by atoms with van der Waals surface area (Å²) < 4.78 is 0. The average molecular weight is 296 g/mol. The van der Waals surface area contributed by atoms with Gasteiger partial charge in [-0.15, -0.1) is 0 Å². The summed E-state index contributed by atoms with van der Waals surface area (Å²) in [5, 5.41) is 0.974. The number of hydrogen-bond acceptors (Lipinski definition) is 3. The van der Waals surface area contributed by atoms with Crippen LogP contribution in [0, 0.1) is 0 Å². The molecule has 0 fully saturated rings. The molecule has 0 bridgehead atoms. The third kappa shape index (κ3) is 3.31. The molecular formula is C14H15Cl2N3. The van der Waals surface area contributed by atoms with E-state index in [1.807, 2.05) is 18.2 Å². The van der Waals surface area contributed by atoms with Gasteiger partial charge in [-0.1, -0.05) is 29.3 Å². The maximum absolute atomic E-state index is 6.06. The molecule has 1 heterocycles. The van der Waals surface area contributed by atoms with Gasteiger partial charge >= 0.3 is 0 Å². The van der Waals surface area contributed by atoms with Crippen LogP contribution in [-0.4, -0.2) is 11.5 Å². The van der Waals surface area contributed by atoms with E-state index in [1.54, 1.807) is 18.3 Å². The van der Waals surface area contributed by atoms with Crippen LogP contribution >= 0.6 is 23.2 Å². The number of aromatic nitrogens is 1. The molecule has 0 aliphatic rings. The van der Waals surface area contributed by atoms with E-state index in [0.29, 0.717) is 22.3 Å². The molecule has 1 aromatic heterocycles. The standard InChI is InChI=1S/C14H15Cl2N3/c1-2-19(9-10-5-3-4-6-18-10)14-8-12(16)11(15)7-13(14)17/h3-8H,2,9,17H2,1H3. The summed E-state index contributed by atoms with van der Waals surface area (Å²) in [7, 11) is 0. The first-order chi connectivity index (χ1) is 9.11. The largest absolute Gasteiger partial charge is 0.397 e. The maximum Gasteiger partial charge on any atom is 0.0619 e. The number of halogens is 2. The van der Waals surface area contributed by atoms with Crippen LogP contribution in [0.2, 0.25) is 10.0 Å². The van der Waals surface area contributed by atoms with Gasteiger partial charge in [0.25, 0.3) is 0 Å². The van der Waals surface area contributed by atoms with Crippen molar-refractivity contribution in [3.8, 4) is 0 Å². The molecule has 0 aliphatic carbocycles. The lowest BCUT2D eigenvalue weighted by Crippen LogP contribution is -2.23. The van der Waals surface area contributed by atoms with Crippen molar-refractivity contribution in [3.63, 3.8) is 0 Å². The first-order valence-electron chi connectivity index (χ1n) is 6.01. The Morgan fingerprint density at radius 3 is 2.58 bits per heavy atom. The number of anilines is 2. The molecule has 0 unspecified atom stereocenters. The molecule has 0 saturated carbocycles. The number of benzene rings is 1. The molecule has 2 N–H and O–H groups in total. The summed E-state index contributed by atoms with van der Waals surface area (Å²) in [5.74, 6) is 0. The van der Waals surface area contributed by atoms with Crippen molar-refractivity contribution in [3.05, 3.63) is 52.3 Å². The molecule has 5 heteroatoms. The normalized spacial score (nSPS) is 10.5. The van der Waals surface area contributed by atoms with Crippen LogP contribution in [-0.2, 0) is 6.54 Å². The van der Waals surface area contributed by atoms with Gasteiger partial charge in [0.05, 0.1) is 33.7 Å². The fourth-order valence-corrected chi connectivity index (χ4v) is 2.21. The third-order valence-electron chi connectivity index (χ3n) is 2.87. The Hall–Kier alpha value is -1.45. The number of pyridine rings is 1. The Kier molecular flexibility index (Phi) is 4.51. The molecule has 0 saturated heterocycles. The first-order valence-corrected chi connectivity index (χ1v) is 6.76. The second-order valence-electron chi connectivity index (χ2n) is 4.16. The number of hydrogen-bond donors (Lipinski definition) is 1. The quantitative estimate of drug-likeness (QED) is 0.867. The molecule has 0 radical (unpaired) electrons. The zero-order valence-corrected chi connectivity index (χ0v) is 12.1. The number of nitrogen functional groups attached to an aromatic ring is 1. The highest BCUT2D eigenvalue weighted by atomic mass is 35.5. The predicted molar refractivity (Wildman–Crippen MR) is 81.8 cm³/mol. The fourth-order valence-electron chi connectivity index (χ4n) is 1.88. The van der Waals surface area contributed by atoms with Gasteiger partial charge in [0.15, 0.2) is 0 Å². The molecule has 0 spiro atoms. The van der Waals surface area contributed by atoms with E-state index in [2.05, 4.69) is 16.8 Å². The van der Waals surface area contributed by atoms with E-state index in [9.17, 15) is 0 Å². The number of nitrogens with two attached hydrogens (primary N) is 1. The summed E-state index contributed by atoms with van der Waals surface area (Å²) in [6, 6.07) is 9.32. The SMILES string of the molecule is CCN(Cc1ccccn1)c1cc(Cl)c(Cl)cc1N. The van der Waals surface area contributed by atoms with Gasteiger partial charge < -0.3 is 10.6 Å². The van der Waals surface area contributed by atoms with Crippen LogP contribution in [0.25, 0.3) is 0 Å². The van der Waals surface area contributed by atoms with E-state index in [1.165, 1.54) is 0 Å². The smallest absolute Gasteiger partial charge is 0.0619 e. The second kappa shape index (κ2) is 6.13. The summed E-state index contributed by atoms with van der Waals surface area (Å²) in [6.07, 6.45) is 1.78. The second-order valence-corrected chi connectivity index (χ2v) is 4.97. The van der Waals surface area contributed by atoms with Gasteiger partial charge in [-0.2, -0.15) is 0 Å². The van der Waals surface area contributed by atoms with Gasteiger partial charge in [-0.25, -0.2) is 0 Å². The Morgan fingerprint density at radius 1 is 1.21 bits per heavy atom. The summed E-state index contributed by atoms with van der Waals surface area (Å²) >= 11 is 12.0. The minimum atomic E-state index is 0.469. The van der Waals surface area contributed by atoms with E-state index in [4.69, 9.17) is 28.9 Å². The van der Waals surface area contributed by atoms with Crippen LogP contribution in [0.15, 0.2) is 36.5 Å². The number of nitrogens with zero attached hydrogens (tertiary/aromatic N) is 2. The van der Waals surface area contributed by atoms with Crippen molar-refractivity contribution >= 4 is 34.6 Å². The minimum absolute atomic E-state index is 0.469. The highest BCUT2D eigenvalue weighted by molar-refractivity contribution is 6.42. The van der Waals surface area contributed by atoms with Crippen LogP contribution in [0.3, 0.4) is 0 Å². The maximum atomic E-state index is 6.06. The van der Waals surface area contributed by atoms with Gasteiger partial charge in [0.2, 0.25) is 0 Å². The average Bonchev–Trinajstić information content (AvgIpc) is 2.42. The summed E-state index contributed by atoms with van der Waals surface area (Å²) in [5.41, 5.74) is 8.49. The summed E-state index contributed by atoms with van der Waals surface area (Å²) in [6.45, 7) is 3.54. The lowest BCUT2D eigenvalue weighted by atomic mass is 10.2. The molecule has 0 aliphatic heterocycles. The first kappa shape index (κ1) is 14.0. The third-order valence-corrected chi connectivity index (χ3v) is 3.59. The molecule has 0 amide bonds. The molecule has 2 aromatic rings. The highest BCUT2D eigenvalue weighted by Gasteiger charge is 2.12. The van der Waals surface area contributed by atoms with Crippen LogP contribution in [0.1, 0.15) is 12.6 Å². The molecular weight excluding hydrogens is 281 g/mol. The minimum Gasteiger partial charge on any atom is -0.397 e. The van der Waals surface area contributed by atoms with E-state index in [-0.39, 0.29) is 0 Å². The van der Waals surface area contributed by atoms with Crippen molar-refractivity contribution in [2.24, 2.45) is 0 Å². The lowest BCUT2D eigenvalue weighted by molar-refractivity contribution is 0.811. The monoisotopic (exact) mass is 295 g/mol. The lowest BCUT2D eigenvalue weighted by Gasteiger charge is -2.24. The van der Waals surface area contributed by atoms with Gasteiger partial charge in [0, 0.05) is 12.7 Å².